The number of hydrogen-bond donors (Lipinski definition) is 1. The number of piperazine rings is 1. The van der Waals surface area contributed by atoms with Gasteiger partial charge in [-0.05, 0) is 29.7 Å². The highest BCUT2D eigenvalue weighted by molar-refractivity contribution is 5.61. The molecule has 2 N–H and O–H groups in total. The summed E-state index contributed by atoms with van der Waals surface area (Å²) in [5.41, 5.74) is 10.5. The topological polar surface area (TPSA) is 45.4 Å². The Labute approximate surface area is 179 Å². The normalized spacial score (nSPS) is 15.6. The lowest BCUT2D eigenvalue weighted by molar-refractivity contribution is 0.144. The second-order valence-electron chi connectivity index (χ2n) is 7.85. The Morgan fingerprint density at radius 3 is 2.27 bits per heavy atom. The average Bonchev–Trinajstić information content (AvgIpc) is 2.80. The van der Waals surface area contributed by atoms with Crippen LogP contribution in [0.15, 0.2) is 78.9 Å². The Morgan fingerprint density at radius 1 is 0.800 bits per heavy atom. The van der Waals surface area contributed by atoms with Crippen molar-refractivity contribution in [3.05, 3.63) is 90.0 Å². The van der Waals surface area contributed by atoms with Crippen molar-refractivity contribution in [3.63, 3.8) is 0 Å². The van der Waals surface area contributed by atoms with E-state index in [4.69, 9.17) is 5.73 Å². The minimum absolute atomic E-state index is 0.561. The van der Waals surface area contributed by atoms with Crippen LogP contribution >= 0.6 is 0 Å². The SMILES string of the molecule is Nc1cccc(-c2ccc(CCN3CCN(C/C=C/c4ccccc4)CC3)cc2)n1. The molecule has 0 spiro atoms. The van der Waals surface area contributed by atoms with Gasteiger partial charge in [-0.25, -0.2) is 4.98 Å². The molecule has 4 rings (SSSR count). The van der Waals surface area contributed by atoms with Gasteiger partial charge in [0.2, 0.25) is 0 Å². The second-order valence-corrected chi connectivity index (χ2v) is 7.85. The molecule has 0 atom stereocenters. The standard InChI is InChI=1S/C26H30N4/c27-26-10-4-9-25(28-26)24-13-11-23(12-14-24)15-17-30-20-18-29(19-21-30)16-5-8-22-6-2-1-3-7-22/h1-14H,15-21H2,(H2,27,28)/b8-5+. The van der Waals surface area contributed by atoms with Gasteiger partial charge in [-0.15, -0.1) is 0 Å². The van der Waals surface area contributed by atoms with Crippen molar-refractivity contribution in [2.45, 2.75) is 6.42 Å². The summed E-state index contributed by atoms with van der Waals surface area (Å²) in [5.74, 6) is 0.561. The van der Waals surface area contributed by atoms with Crippen LogP contribution in [0.3, 0.4) is 0 Å². The Kier molecular flexibility index (Phi) is 6.91. The number of pyridine rings is 1. The molecule has 2 heterocycles. The van der Waals surface area contributed by atoms with Gasteiger partial charge in [0.25, 0.3) is 0 Å². The number of aromatic nitrogens is 1. The van der Waals surface area contributed by atoms with Crippen LogP contribution in [0, 0.1) is 0 Å². The number of nitrogens with two attached hydrogens (primary N) is 1. The molecule has 0 bridgehead atoms. The van der Waals surface area contributed by atoms with E-state index in [2.05, 4.69) is 81.5 Å². The van der Waals surface area contributed by atoms with E-state index < -0.39 is 0 Å². The lowest BCUT2D eigenvalue weighted by Gasteiger charge is -2.34. The third-order valence-corrected chi connectivity index (χ3v) is 5.68. The van der Waals surface area contributed by atoms with Crippen LogP contribution in [-0.4, -0.2) is 54.1 Å². The smallest absolute Gasteiger partial charge is 0.124 e. The van der Waals surface area contributed by atoms with Crippen molar-refractivity contribution in [1.82, 2.24) is 14.8 Å². The number of nitrogen functional groups attached to an aromatic ring is 1. The monoisotopic (exact) mass is 398 g/mol. The van der Waals surface area contributed by atoms with Gasteiger partial charge in [-0.2, -0.15) is 0 Å². The lowest BCUT2D eigenvalue weighted by atomic mass is 10.1. The lowest BCUT2D eigenvalue weighted by Crippen LogP contribution is -2.46. The number of anilines is 1. The predicted molar refractivity (Wildman–Crippen MR) is 126 cm³/mol. The van der Waals surface area contributed by atoms with E-state index in [-0.39, 0.29) is 0 Å². The van der Waals surface area contributed by atoms with Gasteiger partial charge in [-0.1, -0.05) is 72.8 Å². The van der Waals surface area contributed by atoms with Crippen LogP contribution in [-0.2, 0) is 6.42 Å². The highest BCUT2D eigenvalue weighted by Gasteiger charge is 2.15. The molecule has 1 aliphatic heterocycles. The van der Waals surface area contributed by atoms with Crippen molar-refractivity contribution >= 4 is 11.9 Å². The summed E-state index contributed by atoms with van der Waals surface area (Å²) in [4.78, 5) is 9.50. The Hall–Kier alpha value is -2.95. The molecule has 1 saturated heterocycles. The van der Waals surface area contributed by atoms with Crippen molar-refractivity contribution in [2.24, 2.45) is 0 Å². The van der Waals surface area contributed by atoms with Crippen LogP contribution in [0.4, 0.5) is 5.82 Å². The van der Waals surface area contributed by atoms with Crippen LogP contribution in [0.1, 0.15) is 11.1 Å². The number of rotatable bonds is 7. The highest BCUT2D eigenvalue weighted by atomic mass is 15.3. The van der Waals surface area contributed by atoms with Crippen LogP contribution in [0.25, 0.3) is 17.3 Å². The molecule has 1 aromatic heterocycles. The molecule has 0 saturated carbocycles. The maximum Gasteiger partial charge on any atom is 0.124 e. The van der Waals surface area contributed by atoms with Gasteiger partial charge < -0.3 is 10.6 Å². The van der Waals surface area contributed by atoms with Crippen LogP contribution in [0.5, 0.6) is 0 Å². The predicted octanol–water partition coefficient (Wildman–Crippen LogP) is 4.20. The highest BCUT2D eigenvalue weighted by Crippen LogP contribution is 2.19. The first-order valence-electron chi connectivity index (χ1n) is 10.7. The molecular weight excluding hydrogens is 368 g/mol. The van der Waals surface area contributed by atoms with E-state index in [0.717, 1.165) is 56.9 Å². The van der Waals surface area contributed by atoms with E-state index in [1.807, 2.05) is 18.2 Å². The quantitative estimate of drug-likeness (QED) is 0.648. The average molecular weight is 399 g/mol. The zero-order valence-electron chi connectivity index (χ0n) is 17.5. The molecule has 2 aromatic carbocycles. The van der Waals surface area contributed by atoms with Crippen molar-refractivity contribution in [1.29, 1.82) is 0 Å². The van der Waals surface area contributed by atoms with E-state index in [1.54, 1.807) is 0 Å². The van der Waals surface area contributed by atoms with Gasteiger partial charge >= 0.3 is 0 Å². The van der Waals surface area contributed by atoms with Crippen molar-refractivity contribution in [2.75, 3.05) is 45.0 Å². The third kappa shape index (κ3) is 5.78. The van der Waals surface area contributed by atoms with E-state index in [9.17, 15) is 0 Å². The molecule has 4 nitrogen and oxygen atoms in total. The summed E-state index contributed by atoms with van der Waals surface area (Å²) in [7, 11) is 0. The maximum absolute atomic E-state index is 5.80. The summed E-state index contributed by atoms with van der Waals surface area (Å²) in [6, 6.07) is 25.0. The Bertz CT molecular complexity index is 942. The molecule has 0 aliphatic carbocycles. The third-order valence-electron chi connectivity index (χ3n) is 5.68. The van der Waals surface area contributed by atoms with Gasteiger partial charge in [0.05, 0.1) is 5.69 Å². The van der Waals surface area contributed by atoms with E-state index in [0.29, 0.717) is 5.82 Å². The maximum atomic E-state index is 5.80. The molecular formula is C26H30N4. The first-order chi connectivity index (χ1) is 14.8. The summed E-state index contributed by atoms with van der Waals surface area (Å²) < 4.78 is 0. The first-order valence-corrected chi connectivity index (χ1v) is 10.7. The van der Waals surface area contributed by atoms with Crippen molar-refractivity contribution < 1.29 is 0 Å². The molecule has 3 aromatic rings. The molecule has 1 fully saturated rings. The second kappa shape index (κ2) is 10.2. The minimum Gasteiger partial charge on any atom is -0.384 e. The summed E-state index contributed by atoms with van der Waals surface area (Å²) in [5, 5.41) is 0. The van der Waals surface area contributed by atoms with Crippen molar-refractivity contribution in [3.8, 4) is 11.3 Å². The van der Waals surface area contributed by atoms with Gasteiger partial charge in [0.15, 0.2) is 0 Å². The number of benzene rings is 2. The molecule has 4 heteroatoms. The molecule has 30 heavy (non-hydrogen) atoms. The molecule has 154 valence electrons. The summed E-state index contributed by atoms with van der Waals surface area (Å²) >= 11 is 0. The van der Waals surface area contributed by atoms with Crippen LogP contribution < -0.4 is 5.73 Å². The first kappa shape index (κ1) is 20.3. The fourth-order valence-corrected chi connectivity index (χ4v) is 3.84. The minimum atomic E-state index is 0.561. The Balaban J connectivity index is 1.20. The molecule has 1 aliphatic rings. The van der Waals surface area contributed by atoms with Crippen LogP contribution in [0.2, 0.25) is 0 Å². The van der Waals surface area contributed by atoms with Gasteiger partial charge in [0, 0.05) is 44.8 Å². The van der Waals surface area contributed by atoms with Gasteiger partial charge in [0.1, 0.15) is 5.82 Å². The molecule has 0 radical (unpaired) electrons. The van der Waals surface area contributed by atoms with E-state index >= 15 is 0 Å². The molecule has 0 unspecified atom stereocenters. The molecule has 0 amide bonds. The van der Waals surface area contributed by atoms with E-state index in [1.165, 1.54) is 11.1 Å². The summed E-state index contributed by atoms with van der Waals surface area (Å²) in [6.07, 6.45) is 5.58. The summed E-state index contributed by atoms with van der Waals surface area (Å²) in [6.45, 7) is 6.71. The zero-order valence-corrected chi connectivity index (χ0v) is 17.5. The fraction of sp³-hybridized carbons (Fsp3) is 0.269. The largest absolute Gasteiger partial charge is 0.384 e. The zero-order chi connectivity index (χ0) is 20.6. The van der Waals surface area contributed by atoms with Gasteiger partial charge in [-0.3, -0.25) is 4.90 Å². The Morgan fingerprint density at radius 2 is 1.53 bits per heavy atom. The number of hydrogen-bond acceptors (Lipinski definition) is 4. The number of nitrogens with zero attached hydrogens (tertiary/aromatic N) is 3. The fourth-order valence-electron chi connectivity index (χ4n) is 3.84.